The lowest BCUT2D eigenvalue weighted by Gasteiger charge is -2.11. The number of aromatic nitrogens is 1. The van der Waals surface area contributed by atoms with Crippen molar-refractivity contribution in [3.63, 3.8) is 0 Å². The number of amides is 3. The fourth-order valence-electron chi connectivity index (χ4n) is 1.51. The Balaban J connectivity index is 1.78. The molecule has 9 heteroatoms. The van der Waals surface area contributed by atoms with Crippen molar-refractivity contribution >= 4 is 29.3 Å². The highest BCUT2D eigenvalue weighted by atomic mass is 16.5. The minimum atomic E-state index is -0.489. The summed E-state index contributed by atoms with van der Waals surface area (Å²) in [5.74, 6) is -0.315. The van der Waals surface area contributed by atoms with E-state index in [1.165, 1.54) is 0 Å². The Morgan fingerprint density at radius 2 is 2.25 bits per heavy atom. The van der Waals surface area contributed by atoms with Crippen molar-refractivity contribution in [3.05, 3.63) is 11.8 Å². The molecule has 0 radical (unpaired) electrons. The molecule has 0 spiro atoms. The number of rotatable bonds is 4. The van der Waals surface area contributed by atoms with Crippen molar-refractivity contribution in [1.82, 2.24) is 15.9 Å². The maximum Gasteiger partial charge on any atom is 0.267 e. The van der Waals surface area contributed by atoms with Crippen LogP contribution >= 0.6 is 0 Å². The molecule has 2 heterocycles. The summed E-state index contributed by atoms with van der Waals surface area (Å²) in [5.41, 5.74) is 2.40. The van der Waals surface area contributed by atoms with E-state index in [9.17, 15) is 14.4 Å². The molecule has 0 unspecified atom stereocenters. The van der Waals surface area contributed by atoms with Gasteiger partial charge in [-0.25, -0.2) is 5.43 Å². The number of aryl methyl sites for hydroxylation is 1. The first kappa shape index (κ1) is 13.7. The van der Waals surface area contributed by atoms with Gasteiger partial charge >= 0.3 is 0 Å². The first-order valence-electron chi connectivity index (χ1n) is 5.91. The van der Waals surface area contributed by atoms with Gasteiger partial charge in [-0.2, -0.15) is 5.10 Å². The molecule has 1 aromatic rings. The van der Waals surface area contributed by atoms with Crippen molar-refractivity contribution < 1.29 is 18.9 Å². The van der Waals surface area contributed by atoms with Crippen LogP contribution in [-0.2, 0) is 14.4 Å². The number of carbonyl (C=O) groups is 3. The molecule has 0 bridgehead atoms. The van der Waals surface area contributed by atoms with Gasteiger partial charge in [0, 0.05) is 18.9 Å². The van der Waals surface area contributed by atoms with Crippen molar-refractivity contribution in [2.75, 3.05) is 11.9 Å². The molecular formula is C11H13N5O4. The van der Waals surface area contributed by atoms with Crippen molar-refractivity contribution in [2.45, 2.75) is 19.8 Å². The van der Waals surface area contributed by atoms with Crippen LogP contribution in [0.4, 0.5) is 5.82 Å². The van der Waals surface area contributed by atoms with Crippen LogP contribution in [0.1, 0.15) is 18.6 Å². The monoisotopic (exact) mass is 279 g/mol. The minimum absolute atomic E-state index is 0.190. The molecule has 0 aromatic carbocycles. The molecule has 0 aliphatic carbocycles. The number of hydrogen-bond acceptors (Lipinski definition) is 6. The van der Waals surface area contributed by atoms with E-state index in [4.69, 9.17) is 4.52 Å². The molecule has 3 N–H and O–H groups in total. The summed E-state index contributed by atoms with van der Waals surface area (Å²) in [7, 11) is 0. The second kappa shape index (κ2) is 5.95. The third-order valence-electron chi connectivity index (χ3n) is 2.47. The number of carbonyl (C=O) groups excluding carboxylic acids is 3. The average Bonchev–Trinajstić information content (AvgIpc) is 2.82. The normalized spacial score (nSPS) is 14.2. The van der Waals surface area contributed by atoms with Gasteiger partial charge in [0.05, 0.1) is 6.54 Å². The maximum atomic E-state index is 11.7. The van der Waals surface area contributed by atoms with Crippen LogP contribution in [0.5, 0.6) is 0 Å². The molecule has 9 nitrogen and oxygen atoms in total. The molecule has 3 amide bonds. The third kappa shape index (κ3) is 3.64. The van der Waals surface area contributed by atoms with Gasteiger partial charge in [0.15, 0.2) is 5.82 Å². The Labute approximate surface area is 113 Å². The van der Waals surface area contributed by atoms with Gasteiger partial charge in [-0.15, -0.1) is 0 Å². The van der Waals surface area contributed by atoms with Crippen LogP contribution in [-0.4, -0.2) is 35.1 Å². The second-order valence-electron chi connectivity index (χ2n) is 4.15. The average molecular weight is 279 g/mol. The summed E-state index contributed by atoms with van der Waals surface area (Å²) < 4.78 is 4.78. The largest absolute Gasteiger partial charge is 0.360 e. The van der Waals surface area contributed by atoms with Crippen LogP contribution in [0.3, 0.4) is 0 Å². The first-order chi connectivity index (χ1) is 9.54. The maximum absolute atomic E-state index is 11.7. The summed E-state index contributed by atoms with van der Waals surface area (Å²) in [6.07, 6.45) is 0.457. The highest BCUT2D eigenvalue weighted by molar-refractivity contribution is 6.39. The number of hydrogen-bond donors (Lipinski definition) is 3. The van der Waals surface area contributed by atoms with Gasteiger partial charge in [0.1, 0.15) is 11.5 Å². The molecule has 2 rings (SSSR count). The van der Waals surface area contributed by atoms with E-state index < -0.39 is 11.8 Å². The standard InChI is InChI=1S/C11H13N5O4/c1-6-4-8(16-20-6)13-10(18)5-12-11(19)7-2-3-9(17)15-14-7/h4H,2-3,5H2,1H3,(H,12,19)(H,15,17)(H,13,16,18). The van der Waals surface area contributed by atoms with Crippen LogP contribution in [0.15, 0.2) is 15.7 Å². The molecule has 106 valence electrons. The zero-order valence-corrected chi connectivity index (χ0v) is 10.7. The SMILES string of the molecule is Cc1cc(NC(=O)CNC(=O)C2=NNC(=O)CC2)no1. The first-order valence-corrected chi connectivity index (χ1v) is 5.91. The molecule has 1 aliphatic rings. The quantitative estimate of drug-likeness (QED) is 0.672. The molecule has 1 aliphatic heterocycles. The minimum Gasteiger partial charge on any atom is -0.360 e. The van der Waals surface area contributed by atoms with Gasteiger partial charge in [-0.05, 0) is 6.92 Å². The Bertz CT molecular complexity index is 577. The fraction of sp³-hybridized carbons (Fsp3) is 0.364. The smallest absolute Gasteiger partial charge is 0.267 e. The molecule has 20 heavy (non-hydrogen) atoms. The number of anilines is 1. The highest BCUT2D eigenvalue weighted by Gasteiger charge is 2.18. The van der Waals surface area contributed by atoms with Gasteiger partial charge in [-0.1, -0.05) is 5.16 Å². The topological polar surface area (TPSA) is 126 Å². The van der Waals surface area contributed by atoms with Gasteiger partial charge in [0.2, 0.25) is 11.8 Å². The van der Waals surface area contributed by atoms with Crippen molar-refractivity contribution in [3.8, 4) is 0 Å². The van der Waals surface area contributed by atoms with Crippen LogP contribution in [0.2, 0.25) is 0 Å². The predicted molar refractivity (Wildman–Crippen MR) is 67.7 cm³/mol. The lowest BCUT2D eigenvalue weighted by Crippen LogP contribution is -2.40. The van der Waals surface area contributed by atoms with Gasteiger partial charge in [-0.3, -0.25) is 14.4 Å². The summed E-state index contributed by atoms with van der Waals surface area (Å²) >= 11 is 0. The van der Waals surface area contributed by atoms with E-state index in [-0.39, 0.29) is 36.8 Å². The predicted octanol–water partition coefficient (Wildman–Crippen LogP) is -0.696. The Hall–Kier alpha value is -2.71. The van der Waals surface area contributed by atoms with Crippen LogP contribution in [0.25, 0.3) is 0 Å². The molecule has 1 aromatic heterocycles. The summed E-state index contributed by atoms with van der Waals surface area (Å²) in [4.78, 5) is 34.1. The molecule has 0 saturated carbocycles. The zero-order valence-electron chi connectivity index (χ0n) is 10.7. The Morgan fingerprint density at radius 3 is 2.85 bits per heavy atom. The van der Waals surface area contributed by atoms with E-state index in [2.05, 4.69) is 26.3 Å². The van der Waals surface area contributed by atoms with E-state index in [0.717, 1.165) is 0 Å². The summed E-state index contributed by atoms with van der Waals surface area (Å²) in [6, 6.07) is 1.56. The van der Waals surface area contributed by atoms with Gasteiger partial charge < -0.3 is 15.2 Å². The zero-order chi connectivity index (χ0) is 14.5. The number of nitrogens with zero attached hydrogens (tertiary/aromatic N) is 2. The lowest BCUT2D eigenvalue weighted by molar-refractivity contribution is -0.122. The number of hydrazone groups is 1. The Kier molecular flexibility index (Phi) is 4.08. The second-order valence-corrected chi connectivity index (χ2v) is 4.15. The van der Waals surface area contributed by atoms with Crippen LogP contribution < -0.4 is 16.1 Å². The van der Waals surface area contributed by atoms with E-state index >= 15 is 0 Å². The molecular weight excluding hydrogens is 266 g/mol. The Morgan fingerprint density at radius 1 is 1.45 bits per heavy atom. The summed E-state index contributed by atoms with van der Waals surface area (Å²) in [5, 5.41) is 12.1. The molecule has 0 atom stereocenters. The van der Waals surface area contributed by atoms with E-state index in [1.54, 1.807) is 13.0 Å². The third-order valence-corrected chi connectivity index (χ3v) is 2.47. The summed E-state index contributed by atoms with van der Waals surface area (Å²) in [6.45, 7) is 1.47. The fourth-order valence-corrected chi connectivity index (χ4v) is 1.51. The van der Waals surface area contributed by atoms with Crippen molar-refractivity contribution in [1.29, 1.82) is 0 Å². The lowest BCUT2D eigenvalue weighted by atomic mass is 10.1. The molecule has 0 fully saturated rings. The van der Waals surface area contributed by atoms with Crippen molar-refractivity contribution in [2.24, 2.45) is 5.10 Å². The van der Waals surface area contributed by atoms with Crippen LogP contribution in [0, 0.1) is 6.92 Å². The number of nitrogens with one attached hydrogen (secondary N) is 3. The highest BCUT2D eigenvalue weighted by Crippen LogP contribution is 2.06. The van der Waals surface area contributed by atoms with Gasteiger partial charge in [0.25, 0.3) is 5.91 Å². The van der Waals surface area contributed by atoms with E-state index in [0.29, 0.717) is 5.76 Å². The van der Waals surface area contributed by atoms with E-state index in [1.807, 2.05) is 0 Å². The molecule has 0 saturated heterocycles.